The van der Waals surface area contributed by atoms with Crippen LogP contribution in [0.25, 0.3) is 0 Å². The van der Waals surface area contributed by atoms with Gasteiger partial charge in [0.2, 0.25) is 0 Å². The second-order valence-corrected chi connectivity index (χ2v) is 6.45. The third-order valence-electron chi connectivity index (χ3n) is 2.56. The summed E-state index contributed by atoms with van der Waals surface area (Å²) in [7, 11) is 0. The number of halogens is 1. The van der Waals surface area contributed by atoms with Crippen LogP contribution in [0, 0.1) is 5.92 Å². The first kappa shape index (κ1) is 15.0. The van der Waals surface area contributed by atoms with E-state index in [0.717, 1.165) is 10.2 Å². The summed E-state index contributed by atoms with van der Waals surface area (Å²) in [5, 5.41) is 9.32. The number of hydrogen-bond acceptors (Lipinski definition) is 3. The van der Waals surface area contributed by atoms with Gasteiger partial charge in [-0.15, -0.1) is 0 Å². The van der Waals surface area contributed by atoms with Gasteiger partial charge in [0.25, 0.3) is 0 Å². The fourth-order valence-corrected chi connectivity index (χ4v) is 3.56. The molecule has 0 spiro atoms. The molecule has 4 heteroatoms. The van der Waals surface area contributed by atoms with Crippen LogP contribution in [0.3, 0.4) is 0 Å². The van der Waals surface area contributed by atoms with Crippen LogP contribution < -0.4 is 5.73 Å². The molecule has 1 aromatic rings. The lowest BCUT2D eigenvalue weighted by Gasteiger charge is -2.23. The van der Waals surface area contributed by atoms with E-state index in [1.54, 1.807) is 0 Å². The van der Waals surface area contributed by atoms with E-state index in [9.17, 15) is 0 Å². The van der Waals surface area contributed by atoms with Gasteiger partial charge in [-0.05, 0) is 30.2 Å². The molecule has 0 aliphatic rings. The first-order valence-corrected chi connectivity index (χ1v) is 7.63. The van der Waals surface area contributed by atoms with Gasteiger partial charge >= 0.3 is 0 Å². The zero-order chi connectivity index (χ0) is 12.8. The topological polar surface area (TPSA) is 46.2 Å². The molecule has 2 nitrogen and oxygen atoms in total. The molecular weight excluding hydrogens is 298 g/mol. The molecule has 3 unspecified atom stereocenters. The highest BCUT2D eigenvalue weighted by Crippen LogP contribution is 2.36. The second-order valence-electron chi connectivity index (χ2n) is 4.42. The molecule has 0 saturated carbocycles. The first-order valence-electron chi connectivity index (χ1n) is 5.78. The Morgan fingerprint density at radius 3 is 2.53 bits per heavy atom. The minimum Gasteiger partial charge on any atom is -0.396 e. The zero-order valence-electron chi connectivity index (χ0n) is 10.3. The lowest BCUT2D eigenvalue weighted by Crippen LogP contribution is -2.24. The number of aliphatic hydroxyl groups is 1. The minimum absolute atomic E-state index is 0.0876. The van der Waals surface area contributed by atoms with E-state index >= 15 is 0 Å². The van der Waals surface area contributed by atoms with Crippen LogP contribution in [0.2, 0.25) is 0 Å². The number of nitrogens with two attached hydrogens (primary N) is 1. The maximum Gasteiger partial charge on any atom is 0.0464 e. The predicted molar refractivity (Wildman–Crippen MR) is 79.2 cm³/mol. The van der Waals surface area contributed by atoms with Gasteiger partial charge in [-0.1, -0.05) is 41.1 Å². The van der Waals surface area contributed by atoms with Crippen LogP contribution in [0.15, 0.2) is 28.7 Å². The first-order chi connectivity index (χ1) is 8.06. The third-order valence-corrected chi connectivity index (χ3v) is 5.09. The van der Waals surface area contributed by atoms with Crippen molar-refractivity contribution in [2.75, 3.05) is 12.4 Å². The van der Waals surface area contributed by atoms with Crippen LogP contribution in [0.1, 0.15) is 24.7 Å². The van der Waals surface area contributed by atoms with Crippen molar-refractivity contribution in [3.8, 4) is 0 Å². The van der Waals surface area contributed by atoms with Crippen molar-refractivity contribution < 1.29 is 5.11 Å². The summed E-state index contributed by atoms with van der Waals surface area (Å²) in [4.78, 5) is 0. The quantitative estimate of drug-likeness (QED) is 0.847. The van der Waals surface area contributed by atoms with E-state index in [1.807, 2.05) is 43.8 Å². The van der Waals surface area contributed by atoms with Crippen molar-refractivity contribution in [3.63, 3.8) is 0 Å². The lowest BCUT2D eigenvalue weighted by molar-refractivity contribution is 0.250. The Labute approximate surface area is 116 Å². The van der Waals surface area contributed by atoms with Gasteiger partial charge in [0, 0.05) is 22.4 Å². The smallest absolute Gasteiger partial charge is 0.0464 e. The molecule has 0 aliphatic heterocycles. The van der Waals surface area contributed by atoms with Gasteiger partial charge in [-0.2, -0.15) is 11.8 Å². The monoisotopic (exact) mass is 317 g/mol. The summed E-state index contributed by atoms with van der Waals surface area (Å²) >= 11 is 5.39. The van der Waals surface area contributed by atoms with Crippen molar-refractivity contribution in [2.24, 2.45) is 11.7 Å². The van der Waals surface area contributed by atoms with E-state index in [0.29, 0.717) is 5.92 Å². The highest BCUT2D eigenvalue weighted by molar-refractivity contribution is 9.10. The summed E-state index contributed by atoms with van der Waals surface area (Å²) in [6.45, 7) is 4.31. The van der Waals surface area contributed by atoms with Crippen molar-refractivity contribution in [2.45, 2.75) is 25.1 Å². The largest absolute Gasteiger partial charge is 0.396 e. The maximum absolute atomic E-state index is 9.06. The molecule has 0 aromatic heterocycles. The number of benzene rings is 1. The van der Waals surface area contributed by atoms with E-state index in [4.69, 9.17) is 10.8 Å². The molecule has 0 aliphatic carbocycles. The van der Waals surface area contributed by atoms with Gasteiger partial charge in [0.1, 0.15) is 0 Å². The van der Waals surface area contributed by atoms with E-state index < -0.39 is 0 Å². The van der Waals surface area contributed by atoms with Crippen LogP contribution in [-0.2, 0) is 0 Å². The van der Waals surface area contributed by atoms with Gasteiger partial charge in [-0.25, -0.2) is 0 Å². The molecular formula is C13H20BrNOS. The molecule has 96 valence electrons. The second kappa shape index (κ2) is 7.41. The van der Waals surface area contributed by atoms with Crippen molar-refractivity contribution in [1.29, 1.82) is 0 Å². The molecule has 0 amide bonds. The third kappa shape index (κ3) is 4.62. The Morgan fingerprint density at radius 2 is 2.00 bits per heavy atom. The Kier molecular flexibility index (Phi) is 6.55. The average molecular weight is 318 g/mol. The van der Waals surface area contributed by atoms with Crippen LogP contribution in [-0.4, -0.2) is 23.5 Å². The molecule has 0 bridgehead atoms. The molecule has 17 heavy (non-hydrogen) atoms. The molecule has 1 aromatic carbocycles. The molecule has 0 radical (unpaired) electrons. The summed E-state index contributed by atoms with van der Waals surface area (Å²) in [6.07, 6.45) is 0. The normalized spacial score (nSPS) is 16.5. The van der Waals surface area contributed by atoms with E-state index in [1.165, 1.54) is 5.56 Å². The maximum atomic E-state index is 9.06. The molecule has 3 atom stereocenters. The van der Waals surface area contributed by atoms with E-state index in [-0.39, 0.29) is 17.9 Å². The number of thioether (sulfide) groups is 1. The summed E-state index contributed by atoms with van der Waals surface area (Å²) in [6, 6.07) is 8.28. The fourth-order valence-electron chi connectivity index (χ4n) is 1.55. The molecule has 0 heterocycles. The van der Waals surface area contributed by atoms with Crippen molar-refractivity contribution in [1.82, 2.24) is 0 Å². The standard InChI is InChI=1S/C13H20BrNOS/c1-9(7-16)8-17-13(10(2)15)11-5-3-4-6-12(11)14/h3-6,9-10,13,16H,7-8,15H2,1-2H3. The number of aliphatic hydroxyl groups excluding tert-OH is 1. The molecule has 3 N–H and O–H groups in total. The summed E-state index contributed by atoms with van der Waals surface area (Å²) in [5.41, 5.74) is 7.30. The minimum atomic E-state index is 0.0876. The highest BCUT2D eigenvalue weighted by Gasteiger charge is 2.19. The van der Waals surface area contributed by atoms with Crippen LogP contribution in [0.4, 0.5) is 0 Å². The Morgan fingerprint density at radius 1 is 1.35 bits per heavy atom. The number of hydrogen-bond donors (Lipinski definition) is 2. The summed E-state index contributed by atoms with van der Waals surface area (Å²) in [5.74, 6) is 1.23. The van der Waals surface area contributed by atoms with Crippen molar-refractivity contribution >= 4 is 27.7 Å². The van der Waals surface area contributed by atoms with E-state index in [2.05, 4.69) is 22.0 Å². The Bertz CT molecular complexity index is 346. The number of rotatable bonds is 6. The van der Waals surface area contributed by atoms with Crippen molar-refractivity contribution in [3.05, 3.63) is 34.3 Å². The fraction of sp³-hybridized carbons (Fsp3) is 0.538. The van der Waals surface area contributed by atoms with Crippen LogP contribution in [0.5, 0.6) is 0 Å². The Hall–Kier alpha value is -0.0300. The molecule has 0 fully saturated rings. The molecule has 1 rings (SSSR count). The predicted octanol–water partition coefficient (Wildman–Crippen LogP) is 3.20. The summed E-state index contributed by atoms with van der Waals surface area (Å²) < 4.78 is 1.10. The van der Waals surface area contributed by atoms with Crippen LogP contribution >= 0.6 is 27.7 Å². The molecule has 0 saturated heterocycles. The average Bonchev–Trinajstić information content (AvgIpc) is 2.30. The SMILES string of the molecule is CC(CO)CSC(c1ccccc1Br)C(C)N. The highest BCUT2D eigenvalue weighted by atomic mass is 79.9. The lowest BCUT2D eigenvalue weighted by atomic mass is 10.1. The Balaban J connectivity index is 2.76. The van der Waals surface area contributed by atoms with Gasteiger partial charge in [0.15, 0.2) is 0 Å². The zero-order valence-corrected chi connectivity index (χ0v) is 12.7. The van der Waals surface area contributed by atoms with Gasteiger partial charge < -0.3 is 10.8 Å². The van der Waals surface area contributed by atoms with Gasteiger partial charge in [-0.3, -0.25) is 0 Å². The van der Waals surface area contributed by atoms with Gasteiger partial charge in [0.05, 0.1) is 0 Å².